The van der Waals surface area contributed by atoms with Crippen molar-refractivity contribution in [3.05, 3.63) is 33.7 Å². The highest BCUT2D eigenvalue weighted by Crippen LogP contribution is 2.27. The van der Waals surface area contributed by atoms with Crippen LogP contribution in [0.1, 0.15) is 0 Å². The maximum atomic E-state index is 13.8. The molecule has 10 heteroatoms. The van der Waals surface area contributed by atoms with Gasteiger partial charge in [-0.25, -0.2) is 8.96 Å². The Labute approximate surface area is 133 Å². The number of nitrogens with zero attached hydrogens (tertiary/aromatic N) is 3. The van der Waals surface area contributed by atoms with E-state index in [0.717, 1.165) is 11.3 Å². The van der Waals surface area contributed by atoms with Crippen molar-refractivity contribution in [3.8, 4) is 17.7 Å². The molecule has 0 amide bonds. The molecule has 120 valence electrons. The van der Waals surface area contributed by atoms with Crippen molar-refractivity contribution in [3.63, 3.8) is 0 Å². The average molecular weight is 337 g/mol. The Kier molecular flexibility index (Phi) is 3.84. The lowest BCUT2D eigenvalue weighted by atomic mass is 10.3. The van der Waals surface area contributed by atoms with Crippen LogP contribution in [0, 0.1) is 5.82 Å². The minimum Gasteiger partial charge on any atom is -0.481 e. The van der Waals surface area contributed by atoms with Gasteiger partial charge < -0.3 is 14.9 Å². The normalized spacial score (nSPS) is 10.8. The van der Waals surface area contributed by atoms with E-state index in [-0.39, 0.29) is 28.3 Å². The Morgan fingerprint density at radius 1 is 1.22 bits per heavy atom. The van der Waals surface area contributed by atoms with Crippen LogP contribution < -0.4 is 25.6 Å². The molecule has 0 saturated heterocycles. The van der Waals surface area contributed by atoms with Crippen molar-refractivity contribution in [2.75, 3.05) is 19.6 Å². The fourth-order valence-corrected chi connectivity index (χ4v) is 2.92. The van der Waals surface area contributed by atoms with E-state index in [1.54, 1.807) is 0 Å². The molecule has 0 aliphatic rings. The zero-order valence-electron chi connectivity index (χ0n) is 12.2. The number of benzene rings is 1. The quantitative estimate of drug-likeness (QED) is 0.546. The molecule has 0 saturated carbocycles. The number of ether oxygens (including phenoxy) is 2. The summed E-state index contributed by atoms with van der Waals surface area (Å²) in [5.74, 6) is 5.25. The average Bonchev–Trinajstić information content (AvgIpc) is 2.87. The first-order valence-corrected chi connectivity index (χ1v) is 7.18. The zero-order chi connectivity index (χ0) is 16.6. The molecule has 8 nitrogen and oxygen atoms in total. The summed E-state index contributed by atoms with van der Waals surface area (Å²) in [7, 11) is 2.87. The molecule has 0 aliphatic heterocycles. The van der Waals surface area contributed by atoms with Gasteiger partial charge in [-0.15, -0.1) is 0 Å². The summed E-state index contributed by atoms with van der Waals surface area (Å²) in [6.45, 7) is 0. The summed E-state index contributed by atoms with van der Waals surface area (Å²) in [5.41, 5.74) is 2.72. The van der Waals surface area contributed by atoms with Crippen LogP contribution in [0.25, 0.3) is 16.2 Å². The number of rotatable bonds is 4. The SMILES string of the molecule is COc1cc(OC)nc(-n2c(=O)sc3cc(F)c(NN)cc32)n1. The van der Waals surface area contributed by atoms with E-state index >= 15 is 0 Å². The first-order valence-electron chi connectivity index (χ1n) is 6.36. The summed E-state index contributed by atoms with van der Waals surface area (Å²) in [6, 6.07) is 4.12. The van der Waals surface area contributed by atoms with Crippen LogP contribution in [0.4, 0.5) is 10.1 Å². The molecular weight excluding hydrogens is 325 g/mol. The number of hydrogen-bond acceptors (Lipinski definition) is 8. The Morgan fingerprint density at radius 2 is 1.87 bits per heavy atom. The lowest BCUT2D eigenvalue weighted by molar-refractivity contribution is 0.370. The molecule has 3 N–H and O–H groups in total. The lowest BCUT2D eigenvalue weighted by Gasteiger charge is -2.08. The van der Waals surface area contributed by atoms with Crippen LogP contribution in [0.5, 0.6) is 11.8 Å². The molecule has 2 aromatic heterocycles. The molecule has 3 aromatic rings. The number of halogens is 1. The summed E-state index contributed by atoms with van der Waals surface area (Å²) < 4.78 is 25.6. The monoisotopic (exact) mass is 337 g/mol. The highest BCUT2D eigenvalue weighted by Gasteiger charge is 2.16. The maximum absolute atomic E-state index is 13.8. The fraction of sp³-hybridized carbons (Fsp3) is 0.154. The molecule has 0 unspecified atom stereocenters. The third-order valence-corrected chi connectivity index (χ3v) is 4.01. The van der Waals surface area contributed by atoms with Crippen molar-refractivity contribution in [2.24, 2.45) is 5.84 Å². The van der Waals surface area contributed by atoms with Gasteiger partial charge in [0.1, 0.15) is 5.82 Å². The van der Waals surface area contributed by atoms with Crippen LogP contribution >= 0.6 is 11.3 Å². The molecule has 0 atom stereocenters. The number of hydrogen-bond donors (Lipinski definition) is 2. The number of methoxy groups -OCH3 is 2. The molecule has 23 heavy (non-hydrogen) atoms. The summed E-state index contributed by atoms with van der Waals surface area (Å²) in [4.78, 5) is 20.2. The number of nitrogens with two attached hydrogens (primary N) is 1. The number of anilines is 1. The van der Waals surface area contributed by atoms with Gasteiger partial charge in [-0.3, -0.25) is 10.6 Å². The number of nitrogens with one attached hydrogen (secondary N) is 1. The topological polar surface area (TPSA) is 104 Å². The van der Waals surface area contributed by atoms with Crippen molar-refractivity contribution < 1.29 is 13.9 Å². The molecule has 0 radical (unpaired) electrons. The van der Waals surface area contributed by atoms with Crippen molar-refractivity contribution in [1.29, 1.82) is 0 Å². The third kappa shape index (κ3) is 2.58. The number of thiazole rings is 1. The van der Waals surface area contributed by atoms with Gasteiger partial charge in [-0.05, 0) is 12.1 Å². The van der Waals surface area contributed by atoms with Crippen LogP contribution in [0.3, 0.4) is 0 Å². The highest BCUT2D eigenvalue weighted by atomic mass is 32.1. The van der Waals surface area contributed by atoms with Crippen LogP contribution in [-0.4, -0.2) is 28.8 Å². The van der Waals surface area contributed by atoms with Gasteiger partial charge in [-0.1, -0.05) is 11.3 Å². The standard InChI is InChI=1S/C13H12FN5O3S/c1-21-10-5-11(22-2)17-12(16-10)19-8-4-7(18-15)6(14)3-9(8)23-13(19)20/h3-5,18H,15H2,1-2H3. The molecule has 0 spiro atoms. The van der Waals surface area contributed by atoms with Crippen molar-refractivity contribution in [1.82, 2.24) is 14.5 Å². The Bertz CT molecular complexity index is 917. The fourth-order valence-electron chi connectivity index (χ4n) is 2.04. The molecule has 0 fully saturated rings. The predicted molar refractivity (Wildman–Crippen MR) is 83.9 cm³/mol. The number of aromatic nitrogens is 3. The second-order valence-electron chi connectivity index (χ2n) is 4.40. The minimum absolute atomic E-state index is 0.0545. The molecular formula is C13H12FN5O3S. The molecule has 2 heterocycles. The van der Waals surface area contributed by atoms with Gasteiger partial charge >= 0.3 is 4.87 Å². The van der Waals surface area contributed by atoms with E-state index in [2.05, 4.69) is 15.4 Å². The van der Waals surface area contributed by atoms with E-state index < -0.39 is 5.82 Å². The first kappa shape index (κ1) is 15.2. The second kappa shape index (κ2) is 5.82. The zero-order valence-corrected chi connectivity index (χ0v) is 13.0. The van der Waals surface area contributed by atoms with Gasteiger partial charge in [0.05, 0.1) is 36.2 Å². The molecule has 1 aromatic carbocycles. The number of hydrazine groups is 1. The largest absolute Gasteiger partial charge is 0.481 e. The molecule has 0 aliphatic carbocycles. The summed E-state index contributed by atoms with van der Waals surface area (Å²) in [5, 5.41) is 0. The number of fused-ring (bicyclic) bond motifs is 1. The summed E-state index contributed by atoms with van der Waals surface area (Å²) >= 11 is 0.871. The van der Waals surface area contributed by atoms with Gasteiger partial charge in [0.25, 0.3) is 0 Å². The van der Waals surface area contributed by atoms with Crippen LogP contribution in [-0.2, 0) is 0 Å². The minimum atomic E-state index is -0.558. The highest BCUT2D eigenvalue weighted by molar-refractivity contribution is 7.16. The Morgan fingerprint density at radius 3 is 2.43 bits per heavy atom. The van der Waals surface area contributed by atoms with Crippen molar-refractivity contribution in [2.45, 2.75) is 0 Å². The second-order valence-corrected chi connectivity index (χ2v) is 5.39. The van der Waals surface area contributed by atoms with E-state index in [1.165, 1.54) is 37.0 Å². The van der Waals surface area contributed by atoms with E-state index in [1.807, 2.05) is 0 Å². The molecule has 3 rings (SSSR count). The van der Waals surface area contributed by atoms with Crippen LogP contribution in [0.15, 0.2) is 23.0 Å². The summed E-state index contributed by atoms with van der Waals surface area (Å²) in [6.07, 6.45) is 0. The predicted octanol–water partition coefficient (Wildman–Crippen LogP) is 1.28. The van der Waals surface area contributed by atoms with Crippen LogP contribution in [0.2, 0.25) is 0 Å². The van der Waals surface area contributed by atoms with Crippen molar-refractivity contribution >= 4 is 27.2 Å². The third-order valence-electron chi connectivity index (χ3n) is 3.11. The lowest BCUT2D eigenvalue weighted by Crippen LogP contribution is -2.15. The van der Waals surface area contributed by atoms with Gasteiger partial charge in [0, 0.05) is 0 Å². The Balaban J connectivity index is 2.31. The smallest absolute Gasteiger partial charge is 0.315 e. The van der Waals surface area contributed by atoms with Gasteiger partial charge in [-0.2, -0.15) is 9.97 Å². The van der Waals surface area contributed by atoms with E-state index in [0.29, 0.717) is 10.2 Å². The maximum Gasteiger partial charge on any atom is 0.315 e. The number of nitrogen functional groups attached to an aromatic ring is 1. The first-order chi connectivity index (χ1) is 11.1. The Hall–Kier alpha value is -2.72. The van der Waals surface area contributed by atoms with Gasteiger partial charge in [0.15, 0.2) is 0 Å². The molecule has 0 bridgehead atoms. The van der Waals surface area contributed by atoms with Gasteiger partial charge in [0.2, 0.25) is 17.7 Å². The van der Waals surface area contributed by atoms with E-state index in [4.69, 9.17) is 15.3 Å². The van der Waals surface area contributed by atoms with E-state index in [9.17, 15) is 9.18 Å².